The lowest BCUT2D eigenvalue weighted by molar-refractivity contribution is -0.384. The number of rotatable bonds is 9. The lowest BCUT2D eigenvalue weighted by atomic mass is 10.2. The number of ether oxygens (including phenoxy) is 2. The van der Waals surface area contributed by atoms with Crippen molar-refractivity contribution < 1.29 is 19.2 Å². The van der Waals surface area contributed by atoms with Gasteiger partial charge in [-0.1, -0.05) is 12.1 Å². The molecule has 1 amide bonds. The highest BCUT2D eigenvalue weighted by atomic mass is 16.6. The first-order valence-corrected chi connectivity index (χ1v) is 8.54. The van der Waals surface area contributed by atoms with Gasteiger partial charge in [0.15, 0.2) is 18.1 Å². The Balaban J connectivity index is 2.11. The van der Waals surface area contributed by atoms with Crippen LogP contribution in [0.3, 0.4) is 0 Å². The fourth-order valence-corrected chi connectivity index (χ4v) is 2.16. The van der Waals surface area contributed by atoms with Gasteiger partial charge in [-0.25, -0.2) is 0 Å². The van der Waals surface area contributed by atoms with E-state index in [0.29, 0.717) is 23.7 Å². The molecule has 0 aromatic heterocycles. The Labute approximate surface area is 162 Å². The second-order valence-corrected chi connectivity index (χ2v) is 5.86. The molecule has 0 saturated carbocycles. The number of nitrogens with one attached hydrogen (secondary N) is 1. The third-order valence-electron chi connectivity index (χ3n) is 3.62. The van der Waals surface area contributed by atoms with Gasteiger partial charge in [0, 0.05) is 20.2 Å². The monoisotopic (exact) mass is 386 g/mol. The molecule has 0 unspecified atom stereocenters. The Hall–Kier alpha value is -3.62. The second-order valence-electron chi connectivity index (χ2n) is 5.86. The molecule has 1 N–H and O–H groups in total. The predicted molar refractivity (Wildman–Crippen MR) is 106 cm³/mol. The average Bonchev–Trinajstić information content (AvgIpc) is 2.67. The van der Waals surface area contributed by atoms with Gasteiger partial charge in [-0.05, 0) is 36.8 Å². The minimum absolute atomic E-state index is 0.0658. The molecule has 0 heterocycles. The van der Waals surface area contributed by atoms with Crippen molar-refractivity contribution in [3.05, 3.63) is 58.1 Å². The number of nitro benzene ring substituents is 1. The maximum Gasteiger partial charge on any atom is 0.294 e. The molecule has 28 heavy (non-hydrogen) atoms. The van der Waals surface area contributed by atoms with E-state index in [2.05, 4.69) is 10.5 Å². The number of likely N-dealkylation sites (N-methyl/N-ethyl adjacent to an activating group) is 1. The first kappa shape index (κ1) is 20.7. The number of nitrogens with zero attached hydrogens (tertiary/aromatic N) is 3. The Morgan fingerprint density at radius 3 is 2.64 bits per heavy atom. The van der Waals surface area contributed by atoms with E-state index in [1.54, 1.807) is 50.5 Å². The number of anilines is 1. The van der Waals surface area contributed by atoms with Crippen molar-refractivity contribution >= 4 is 23.5 Å². The third-order valence-corrected chi connectivity index (χ3v) is 3.62. The van der Waals surface area contributed by atoms with Crippen LogP contribution in [-0.4, -0.2) is 49.3 Å². The van der Waals surface area contributed by atoms with Gasteiger partial charge in [0.25, 0.3) is 11.6 Å². The molecule has 9 heteroatoms. The molecule has 0 saturated heterocycles. The van der Waals surface area contributed by atoms with Gasteiger partial charge in [-0.3, -0.25) is 20.3 Å². The standard InChI is InChI=1S/C19H22N4O5/c1-4-27-18-11-14(9-10-17(18)28-13-19(24)22(2)3)12-20-21-15-7-5-6-8-16(15)23(25)26/h5-12,21H,4,13H2,1-3H3/b20-12-. The van der Waals surface area contributed by atoms with Gasteiger partial charge >= 0.3 is 0 Å². The lowest BCUT2D eigenvalue weighted by Gasteiger charge is -2.14. The van der Waals surface area contributed by atoms with Crippen molar-refractivity contribution in [3.8, 4) is 11.5 Å². The van der Waals surface area contributed by atoms with Gasteiger partial charge in [-0.15, -0.1) is 0 Å². The van der Waals surface area contributed by atoms with Crippen molar-refractivity contribution in [2.45, 2.75) is 6.92 Å². The molecule has 0 aliphatic rings. The summed E-state index contributed by atoms with van der Waals surface area (Å²) in [5.41, 5.74) is 3.58. The molecule has 0 atom stereocenters. The maximum absolute atomic E-state index is 11.7. The minimum atomic E-state index is -0.480. The van der Waals surface area contributed by atoms with Crippen molar-refractivity contribution in [2.75, 3.05) is 32.7 Å². The number of hydrazone groups is 1. The fraction of sp³-hybridized carbons (Fsp3) is 0.263. The van der Waals surface area contributed by atoms with Gasteiger partial charge < -0.3 is 14.4 Å². The molecule has 0 radical (unpaired) electrons. The van der Waals surface area contributed by atoms with Crippen LogP contribution in [0.4, 0.5) is 11.4 Å². The number of benzene rings is 2. The van der Waals surface area contributed by atoms with Crippen LogP contribution in [0.2, 0.25) is 0 Å². The highest BCUT2D eigenvalue weighted by Gasteiger charge is 2.12. The van der Waals surface area contributed by atoms with Crippen molar-refractivity contribution in [2.24, 2.45) is 5.10 Å². The van der Waals surface area contributed by atoms with Crippen LogP contribution in [0.25, 0.3) is 0 Å². The number of hydrogen-bond donors (Lipinski definition) is 1. The zero-order chi connectivity index (χ0) is 20.5. The van der Waals surface area contributed by atoms with Crippen LogP contribution >= 0.6 is 0 Å². The Morgan fingerprint density at radius 2 is 1.96 bits per heavy atom. The molecule has 148 valence electrons. The van der Waals surface area contributed by atoms with Crippen LogP contribution in [0.15, 0.2) is 47.6 Å². The average molecular weight is 386 g/mol. The summed E-state index contributed by atoms with van der Waals surface area (Å²) >= 11 is 0. The second kappa shape index (κ2) is 9.91. The van der Waals surface area contributed by atoms with Crippen molar-refractivity contribution in [1.82, 2.24) is 4.90 Å². The van der Waals surface area contributed by atoms with Crippen molar-refractivity contribution in [3.63, 3.8) is 0 Å². The third kappa shape index (κ3) is 5.70. The number of carbonyl (C=O) groups is 1. The zero-order valence-corrected chi connectivity index (χ0v) is 15.9. The Bertz CT molecular complexity index is 867. The predicted octanol–water partition coefficient (Wildman–Crippen LogP) is 2.91. The summed E-state index contributed by atoms with van der Waals surface area (Å²) in [6, 6.07) is 11.4. The molecule has 9 nitrogen and oxygen atoms in total. The van der Waals surface area contributed by atoms with E-state index in [1.807, 2.05) is 6.92 Å². The van der Waals surface area contributed by atoms with Crippen LogP contribution in [0.1, 0.15) is 12.5 Å². The summed E-state index contributed by atoms with van der Waals surface area (Å²) in [4.78, 5) is 23.7. The van der Waals surface area contributed by atoms with Gasteiger partial charge in [-0.2, -0.15) is 5.10 Å². The molecule has 2 rings (SSSR count). The van der Waals surface area contributed by atoms with E-state index in [4.69, 9.17) is 9.47 Å². The van der Waals surface area contributed by atoms with E-state index >= 15 is 0 Å². The van der Waals surface area contributed by atoms with Crippen LogP contribution < -0.4 is 14.9 Å². The first-order valence-electron chi connectivity index (χ1n) is 8.54. The van der Waals surface area contributed by atoms with E-state index < -0.39 is 4.92 Å². The highest BCUT2D eigenvalue weighted by molar-refractivity contribution is 5.82. The van der Waals surface area contributed by atoms with E-state index in [0.717, 1.165) is 0 Å². The van der Waals surface area contributed by atoms with Crippen LogP contribution in [0.5, 0.6) is 11.5 Å². The zero-order valence-electron chi connectivity index (χ0n) is 15.9. The molecular formula is C19H22N4O5. The molecular weight excluding hydrogens is 364 g/mol. The summed E-state index contributed by atoms with van der Waals surface area (Å²) < 4.78 is 11.1. The topological polar surface area (TPSA) is 106 Å². The normalized spacial score (nSPS) is 10.5. The molecule has 0 bridgehead atoms. The van der Waals surface area contributed by atoms with Gasteiger partial charge in [0.2, 0.25) is 0 Å². The molecule has 0 aliphatic heterocycles. The number of amides is 1. The Kier molecular flexibility index (Phi) is 7.32. The lowest BCUT2D eigenvalue weighted by Crippen LogP contribution is -2.27. The fourth-order valence-electron chi connectivity index (χ4n) is 2.16. The van der Waals surface area contributed by atoms with E-state index in [9.17, 15) is 14.9 Å². The molecule has 0 spiro atoms. The summed E-state index contributed by atoms with van der Waals surface area (Å²) in [5.74, 6) is 0.756. The minimum Gasteiger partial charge on any atom is -0.490 e. The quantitative estimate of drug-likeness (QED) is 0.403. The van der Waals surface area contributed by atoms with Gasteiger partial charge in [0.05, 0.1) is 17.7 Å². The van der Waals surface area contributed by atoms with Crippen LogP contribution in [-0.2, 0) is 4.79 Å². The number of nitro groups is 1. The number of para-hydroxylation sites is 2. The first-order chi connectivity index (χ1) is 13.4. The van der Waals surface area contributed by atoms with E-state index in [-0.39, 0.29) is 23.9 Å². The molecule has 0 fully saturated rings. The van der Waals surface area contributed by atoms with E-state index in [1.165, 1.54) is 17.2 Å². The Morgan fingerprint density at radius 1 is 1.21 bits per heavy atom. The molecule has 2 aromatic rings. The summed E-state index contributed by atoms with van der Waals surface area (Å²) in [6.45, 7) is 2.17. The van der Waals surface area contributed by atoms with Gasteiger partial charge in [0.1, 0.15) is 5.69 Å². The summed E-state index contributed by atoms with van der Waals surface area (Å²) in [6.07, 6.45) is 1.51. The molecule has 0 aliphatic carbocycles. The van der Waals surface area contributed by atoms with Crippen LogP contribution in [0, 0.1) is 10.1 Å². The highest BCUT2D eigenvalue weighted by Crippen LogP contribution is 2.28. The summed E-state index contributed by atoms with van der Waals surface area (Å²) in [7, 11) is 3.30. The van der Waals surface area contributed by atoms with Crippen molar-refractivity contribution in [1.29, 1.82) is 0 Å². The smallest absolute Gasteiger partial charge is 0.294 e. The largest absolute Gasteiger partial charge is 0.490 e. The number of hydrogen-bond acceptors (Lipinski definition) is 7. The SMILES string of the molecule is CCOc1cc(/C=N\Nc2ccccc2[N+](=O)[O-])ccc1OCC(=O)N(C)C. The number of carbonyl (C=O) groups excluding carboxylic acids is 1. The summed E-state index contributed by atoms with van der Waals surface area (Å²) in [5, 5.41) is 15.1. The maximum atomic E-state index is 11.7. The molecule has 2 aromatic carbocycles.